The summed E-state index contributed by atoms with van der Waals surface area (Å²) in [6.07, 6.45) is 0. The highest BCUT2D eigenvalue weighted by Crippen LogP contribution is 2.26. The molecule has 7 heteroatoms. The van der Waals surface area contributed by atoms with E-state index in [-0.39, 0.29) is 22.6 Å². The lowest BCUT2D eigenvalue weighted by Crippen LogP contribution is -2.32. The van der Waals surface area contributed by atoms with Crippen molar-refractivity contribution in [3.8, 4) is 17.3 Å². The van der Waals surface area contributed by atoms with E-state index in [4.69, 9.17) is 0 Å². The van der Waals surface area contributed by atoms with Crippen LogP contribution in [0.2, 0.25) is 0 Å². The number of aromatic nitrogens is 2. The second-order valence-electron chi connectivity index (χ2n) is 11.0. The number of hydrogen-bond donors (Lipinski definition) is 2. The van der Waals surface area contributed by atoms with Gasteiger partial charge in [-0.05, 0) is 52.8 Å². The van der Waals surface area contributed by atoms with Crippen molar-refractivity contribution in [3.05, 3.63) is 70.9 Å². The lowest BCUT2D eigenvalue weighted by molar-refractivity contribution is 0.0933. The molecule has 2 amide bonds. The summed E-state index contributed by atoms with van der Waals surface area (Å²) in [5.74, 6) is -0.518. The van der Waals surface area contributed by atoms with Gasteiger partial charge in [-0.2, -0.15) is 10.4 Å². The van der Waals surface area contributed by atoms with E-state index in [0.717, 1.165) is 16.8 Å². The number of amides is 2. The van der Waals surface area contributed by atoms with Gasteiger partial charge in [-0.15, -0.1) is 0 Å². The largest absolute Gasteiger partial charge is 0.350 e. The van der Waals surface area contributed by atoms with Gasteiger partial charge in [0.1, 0.15) is 0 Å². The van der Waals surface area contributed by atoms with Gasteiger partial charge in [0.05, 0.1) is 17.3 Å². The zero-order valence-electron chi connectivity index (χ0n) is 21.5. The summed E-state index contributed by atoms with van der Waals surface area (Å²) in [5.41, 5.74) is 4.08. The second kappa shape index (κ2) is 9.75. The van der Waals surface area contributed by atoms with E-state index in [2.05, 4.69) is 42.6 Å². The first kappa shape index (κ1) is 25.7. The Labute approximate surface area is 207 Å². The van der Waals surface area contributed by atoms with Crippen molar-refractivity contribution in [1.82, 2.24) is 15.1 Å². The first-order valence-corrected chi connectivity index (χ1v) is 11.6. The molecule has 2 N–H and O–H groups in total. The van der Waals surface area contributed by atoms with E-state index >= 15 is 0 Å². The number of nitriles is 1. The Balaban J connectivity index is 1.83. The molecule has 182 valence electrons. The normalized spacial score (nSPS) is 11.6. The van der Waals surface area contributed by atoms with Crippen LogP contribution in [0.1, 0.15) is 73.5 Å². The summed E-state index contributed by atoms with van der Waals surface area (Å²) in [4.78, 5) is 25.6. The molecule has 0 unspecified atom stereocenters. The predicted molar refractivity (Wildman–Crippen MR) is 138 cm³/mol. The molecule has 0 aliphatic carbocycles. The number of aryl methyl sites for hydroxylation is 1. The number of benzene rings is 2. The van der Waals surface area contributed by atoms with Gasteiger partial charge in [-0.1, -0.05) is 53.7 Å². The van der Waals surface area contributed by atoms with Crippen molar-refractivity contribution in [2.24, 2.45) is 12.5 Å². The molecule has 0 radical (unpaired) electrons. The maximum absolute atomic E-state index is 13.0. The van der Waals surface area contributed by atoms with E-state index in [1.807, 2.05) is 51.1 Å². The van der Waals surface area contributed by atoms with E-state index < -0.39 is 0 Å². The van der Waals surface area contributed by atoms with E-state index in [1.54, 1.807) is 29.9 Å². The van der Waals surface area contributed by atoms with Crippen molar-refractivity contribution < 1.29 is 9.59 Å². The van der Waals surface area contributed by atoms with Crippen LogP contribution in [0.15, 0.2) is 48.5 Å². The number of nitrogens with one attached hydrogen (secondary N) is 2. The van der Waals surface area contributed by atoms with Crippen molar-refractivity contribution in [3.63, 3.8) is 0 Å². The number of carbonyl (C=O) groups is 2. The van der Waals surface area contributed by atoms with Crippen LogP contribution in [0.3, 0.4) is 0 Å². The van der Waals surface area contributed by atoms with Crippen LogP contribution in [0.5, 0.6) is 0 Å². The van der Waals surface area contributed by atoms with Gasteiger partial charge in [0.25, 0.3) is 11.8 Å². The zero-order valence-corrected chi connectivity index (χ0v) is 21.5. The number of nitrogens with zero attached hydrogens (tertiary/aromatic N) is 3. The molecule has 0 aliphatic heterocycles. The molecule has 7 nitrogen and oxygen atoms in total. The minimum atomic E-state index is -0.294. The Hall–Kier alpha value is -3.92. The van der Waals surface area contributed by atoms with Crippen molar-refractivity contribution in [2.75, 3.05) is 11.9 Å². The molecule has 2 aromatic carbocycles. The van der Waals surface area contributed by atoms with Crippen LogP contribution in [-0.2, 0) is 12.5 Å². The molecule has 0 saturated heterocycles. The van der Waals surface area contributed by atoms with E-state index in [0.29, 0.717) is 29.1 Å². The minimum absolute atomic E-state index is 0.0276. The molecule has 0 spiro atoms. The van der Waals surface area contributed by atoms with Crippen LogP contribution >= 0.6 is 0 Å². The molecule has 0 saturated carbocycles. The third kappa shape index (κ3) is 6.57. The zero-order chi connectivity index (χ0) is 26.0. The molecule has 0 fully saturated rings. The number of anilines is 1. The Morgan fingerprint density at radius 2 is 1.71 bits per heavy atom. The highest BCUT2D eigenvalue weighted by atomic mass is 16.2. The number of carbonyl (C=O) groups excluding carboxylic acids is 2. The fourth-order valence-electron chi connectivity index (χ4n) is 3.50. The van der Waals surface area contributed by atoms with Gasteiger partial charge in [-0.3, -0.25) is 14.3 Å². The molecule has 0 atom stereocenters. The average Bonchev–Trinajstić information content (AvgIpc) is 3.18. The first-order valence-electron chi connectivity index (χ1n) is 11.6. The highest BCUT2D eigenvalue weighted by Gasteiger charge is 2.19. The summed E-state index contributed by atoms with van der Waals surface area (Å²) in [6.45, 7) is 12.8. The van der Waals surface area contributed by atoms with Gasteiger partial charge in [-0.25, -0.2) is 0 Å². The fraction of sp³-hybridized carbons (Fsp3) is 0.357. The quantitative estimate of drug-likeness (QED) is 0.528. The van der Waals surface area contributed by atoms with Gasteiger partial charge in [0, 0.05) is 30.4 Å². The maximum atomic E-state index is 13.0. The molecule has 1 heterocycles. The lowest BCUT2D eigenvalue weighted by atomic mass is 9.85. The van der Waals surface area contributed by atoms with Crippen molar-refractivity contribution >= 4 is 17.5 Å². The molecule has 35 heavy (non-hydrogen) atoms. The monoisotopic (exact) mass is 471 g/mol. The van der Waals surface area contributed by atoms with Gasteiger partial charge in [0.2, 0.25) is 0 Å². The molecular weight excluding hydrogens is 438 g/mol. The van der Waals surface area contributed by atoms with Crippen LogP contribution in [0.25, 0.3) is 11.3 Å². The van der Waals surface area contributed by atoms with Crippen LogP contribution in [0, 0.1) is 16.7 Å². The molecule has 0 aliphatic rings. The Kier molecular flexibility index (Phi) is 7.16. The molecule has 0 bridgehead atoms. The van der Waals surface area contributed by atoms with Crippen molar-refractivity contribution in [1.29, 1.82) is 5.26 Å². The van der Waals surface area contributed by atoms with Gasteiger partial charge >= 0.3 is 0 Å². The van der Waals surface area contributed by atoms with Gasteiger partial charge in [0.15, 0.2) is 5.69 Å². The maximum Gasteiger partial charge on any atom is 0.271 e. The summed E-state index contributed by atoms with van der Waals surface area (Å²) < 4.78 is 1.65. The van der Waals surface area contributed by atoms with Crippen LogP contribution in [-0.4, -0.2) is 28.1 Å². The van der Waals surface area contributed by atoms with Crippen molar-refractivity contribution in [2.45, 2.75) is 47.0 Å². The number of rotatable bonds is 5. The average molecular weight is 472 g/mol. The topological polar surface area (TPSA) is 99.8 Å². The highest BCUT2D eigenvalue weighted by molar-refractivity contribution is 6.05. The molecule has 3 aromatic rings. The SMILES string of the molecule is Cn1nc(C(=O)NCC(C)(C)C)cc1-c1cccc(NC(=O)c2cc(C#N)cc(C(C)(C)C)c2)c1. The summed E-state index contributed by atoms with van der Waals surface area (Å²) in [6, 6.07) is 16.5. The number of hydrogen-bond acceptors (Lipinski definition) is 4. The summed E-state index contributed by atoms with van der Waals surface area (Å²) in [5, 5.41) is 19.6. The third-order valence-corrected chi connectivity index (χ3v) is 5.50. The van der Waals surface area contributed by atoms with Crippen LogP contribution in [0.4, 0.5) is 5.69 Å². The predicted octanol–water partition coefficient (Wildman–Crippen LogP) is 5.28. The Morgan fingerprint density at radius 3 is 2.34 bits per heavy atom. The second-order valence-corrected chi connectivity index (χ2v) is 11.0. The Bertz CT molecular complexity index is 1300. The summed E-state index contributed by atoms with van der Waals surface area (Å²) in [7, 11) is 1.78. The standard InChI is InChI=1S/C28H33N5O2/c1-27(2,3)17-30-26(35)23-15-24(33(7)32-23)19-9-8-10-22(14-19)31-25(34)20-11-18(16-29)12-21(13-20)28(4,5)6/h8-15H,17H2,1-7H3,(H,30,35)(H,31,34). The molecule has 3 rings (SSSR count). The first-order chi connectivity index (χ1) is 16.3. The molecule has 1 aromatic heterocycles. The summed E-state index contributed by atoms with van der Waals surface area (Å²) >= 11 is 0. The minimum Gasteiger partial charge on any atom is -0.350 e. The lowest BCUT2D eigenvalue weighted by Gasteiger charge is -2.20. The van der Waals surface area contributed by atoms with Gasteiger partial charge < -0.3 is 10.6 Å². The smallest absolute Gasteiger partial charge is 0.271 e. The fourth-order valence-corrected chi connectivity index (χ4v) is 3.50. The van der Waals surface area contributed by atoms with Crippen LogP contribution < -0.4 is 10.6 Å². The third-order valence-electron chi connectivity index (χ3n) is 5.50. The van der Waals surface area contributed by atoms with E-state index in [9.17, 15) is 14.9 Å². The van der Waals surface area contributed by atoms with E-state index in [1.165, 1.54) is 0 Å². The molecular formula is C28H33N5O2. The Morgan fingerprint density at radius 1 is 1.00 bits per heavy atom.